The Balaban J connectivity index is 2.65. The summed E-state index contributed by atoms with van der Waals surface area (Å²) in [5.41, 5.74) is 2.23. The quantitative estimate of drug-likeness (QED) is 0.775. The number of aromatic nitrogens is 2. The lowest BCUT2D eigenvalue weighted by molar-refractivity contribution is 0.608. The van der Waals surface area contributed by atoms with Crippen LogP contribution in [0.25, 0.3) is 5.69 Å². The molecule has 2 rings (SSSR count). The van der Waals surface area contributed by atoms with E-state index < -0.39 is 0 Å². The van der Waals surface area contributed by atoms with E-state index in [9.17, 15) is 4.39 Å². The Labute approximate surface area is 95.9 Å². The summed E-state index contributed by atoms with van der Waals surface area (Å²) in [6.07, 6.45) is 0. The van der Waals surface area contributed by atoms with Gasteiger partial charge in [-0.3, -0.25) is 0 Å². The third-order valence-electron chi connectivity index (χ3n) is 2.28. The van der Waals surface area contributed by atoms with Gasteiger partial charge in [-0.15, -0.1) is 0 Å². The Bertz CT molecular complexity index is 505. The molecule has 0 spiro atoms. The van der Waals surface area contributed by atoms with Crippen molar-refractivity contribution in [2.24, 2.45) is 0 Å². The molecule has 0 bridgehead atoms. The average molecular weight is 269 g/mol. The standard InChI is InChI=1S/C11H10BrFN2/c1-7-11(12)8(2)15(14-7)10-6-4-3-5-9(10)13/h3-6H,1-2H3. The van der Waals surface area contributed by atoms with E-state index in [1.165, 1.54) is 6.07 Å². The minimum Gasteiger partial charge on any atom is -0.234 e. The molecular weight excluding hydrogens is 259 g/mol. The van der Waals surface area contributed by atoms with Crippen LogP contribution in [0.2, 0.25) is 0 Å². The highest BCUT2D eigenvalue weighted by Gasteiger charge is 2.12. The molecule has 0 aliphatic rings. The van der Waals surface area contributed by atoms with Crippen molar-refractivity contribution in [2.75, 3.05) is 0 Å². The lowest BCUT2D eigenvalue weighted by Gasteiger charge is -2.04. The average Bonchev–Trinajstić information content (AvgIpc) is 2.47. The van der Waals surface area contributed by atoms with E-state index in [1.807, 2.05) is 13.8 Å². The molecular formula is C11H10BrFN2. The number of rotatable bonds is 1. The summed E-state index contributed by atoms with van der Waals surface area (Å²) in [5, 5.41) is 4.27. The summed E-state index contributed by atoms with van der Waals surface area (Å²) in [6.45, 7) is 3.78. The minimum atomic E-state index is -0.268. The maximum atomic E-state index is 13.5. The third-order valence-corrected chi connectivity index (χ3v) is 3.43. The highest BCUT2D eigenvalue weighted by Crippen LogP contribution is 2.23. The zero-order valence-corrected chi connectivity index (χ0v) is 10.0. The normalized spacial score (nSPS) is 10.7. The van der Waals surface area contributed by atoms with Crippen LogP contribution < -0.4 is 0 Å². The topological polar surface area (TPSA) is 17.8 Å². The number of benzene rings is 1. The first kappa shape index (κ1) is 10.4. The number of aryl methyl sites for hydroxylation is 1. The Morgan fingerprint density at radius 1 is 1.27 bits per heavy atom. The maximum absolute atomic E-state index is 13.5. The molecule has 0 atom stereocenters. The summed E-state index contributed by atoms with van der Waals surface area (Å²) in [5.74, 6) is -0.268. The first-order valence-electron chi connectivity index (χ1n) is 4.58. The molecule has 4 heteroatoms. The van der Waals surface area contributed by atoms with Crippen molar-refractivity contribution in [1.29, 1.82) is 0 Å². The van der Waals surface area contributed by atoms with Crippen LogP contribution in [0.5, 0.6) is 0 Å². The maximum Gasteiger partial charge on any atom is 0.148 e. The van der Waals surface area contributed by atoms with Crippen LogP contribution in [0.4, 0.5) is 4.39 Å². The van der Waals surface area contributed by atoms with Crippen molar-refractivity contribution in [3.05, 3.63) is 45.9 Å². The van der Waals surface area contributed by atoms with Gasteiger partial charge in [-0.05, 0) is 41.9 Å². The second-order valence-electron chi connectivity index (χ2n) is 3.35. The largest absolute Gasteiger partial charge is 0.234 e. The molecule has 0 fully saturated rings. The molecule has 0 aliphatic heterocycles. The van der Waals surface area contributed by atoms with Crippen LogP contribution in [0.3, 0.4) is 0 Å². The summed E-state index contributed by atoms with van der Waals surface area (Å²) in [7, 11) is 0. The van der Waals surface area contributed by atoms with E-state index in [0.29, 0.717) is 5.69 Å². The third kappa shape index (κ3) is 1.69. The molecule has 0 unspecified atom stereocenters. The molecule has 15 heavy (non-hydrogen) atoms. The molecule has 2 aromatic rings. The van der Waals surface area contributed by atoms with Gasteiger partial charge >= 0.3 is 0 Å². The molecule has 0 radical (unpaired) electrons. The predicted molar refractivity (Wildman–Crippen MR) is 60.7 cm³/mol. The van der Waals surface area contributed by atoms with Gasteiger partial charge in [0.2, 0.25) is 0 Å². The van der Waals surface area contributed by atoms with Crippen LogP contribution in [-0.2, 0) is 0 Å². The van der Waals surface area contributed by atoms with Crippen LogP contribution in [-0.4, -0.2) is 9.78 Å². The number of hydrogen-bond donors (Lipinski definition) is 0. The first-order valence-corrected chi connectivity index (χ1v) is 5.37. The van der Waals surface area contributed by atoms with Gasteiger partial charge in [0, 0.05) is 0 Å². The van der Waals surface area contributed by atoms with E-state index in [0.717, 1.165) is 15.9 Å². The molecule has 2 nitrogen and oxygen atoms in total. The molecule has 1 heterocycles. The van der Waals surface area contributed by atoms with Crippen molar-refractivity contribution in [2.45, 2.75) is 13.8 Å². The van der Waals surface area contributed by atoms with E-state index in [-0.39, 0.29) is 5.82 Å². The van der Waals surface area contributed by atoms with Gasteiger partial charge in [-0.25, -0.2) is 9.07 Å². The number of para-hydroxylation sites is 1. The van der Waals surface area contributed by atoms with E-state index in [4.69, 9.17) is 0 Å². The monoisotopic (exact) mass is 268 g/mol. The SMILES string of the molecule is Cc1nn(-c2ccccc2F)c(C)c1Br. The van der Waals surface area contributed by atoms with Crippen LogP contribution in [0.1, 0.15) is 11.4 Å². The molecule has 78 valence electrons. The van der Waals surface area contributed by atoms with E-state index in [2.05, 4.69) is 21.0 Å². The van der Waals surface area contributed by atoms with Gasteiger partial charge in [0.05, 0.1) is 15.9 Å². The second kappa shape index (κ2) is 3.77. The van der Waals surface area contributed by atoms with Gasteiger partial charge in [0.15, 0.2) is 0 Å². The number of nitrogens with zero attached hydrogens (tertiary/aromatic N) is 2. The smallest absolute Gasteiger partial charge is 0.148 e. The Morgan fingerprint density at radius 2 is 1.93 bits per heavy atom. The molecule has 0 aliphatic carbocycles. The zero-order chi connectivity index (χ0) is 11.0. The number of halogens is 2. The van der Waals surface area contributed by atoms with Gasteiger partial charge < -0.3 is 0 Å². The van der Waals surface area contributed by atoms with Crippen molar-refractivity contribution >= 4 is 15.9 Å². The lowest BCUT2D eigenvalue weighted by Crippen LogP contribution is -2.01. The van der Waals surface area contributed by atoms with E-state index >= 15 is 0 Å². The Kier molecular flexibility index (Phi) is 2.61. The zero-order valence-electron chi connectivity index (χ0n) is 8.46. The first-order chi connectivity index (χ1) is 7.11. The van der Waals surface area contributed by atoms with Crippen molar-refractivity contribution in [3.8, 4) is 5.69 Å². The van der Waals surface area contributed by atoms with E-state index in [1.54, 1.807) is 22.9 Å². The molecule has 0 saturated heterocycles. The van der Waals surface area contributed by atoms with Crippen molar-refractivity contribution in [3.63, 3.8) is 0 Å². The van der Waals surface area contributed by atoms with Crippen molar-refractivity contribution in [1.82, 2.24) is 9.78 Å². The summed E-state index contributed by atoms with van der Waals surface area (Å²) < 4.78 is 16.0. The lowest BCUT2D eigenvalue weighted by atomic mass is 10.3. The van der Waals surface area contributed by atoms with Gasteiger partial charge in [-0.2, -0.15) is 5.10 Å². The highest BCUT2D eigenvalue weighted by molar-refractivity contribution is 9.10. The molecule has 0 amide bonds. The Hall–Kier alpha value is -1.16. The second-order valence-corrected chi connectivity index (χ2v) is 4.14. The van der Waals surface area contributed by atoms with Crippen LogP contribution in [0.15, 0.2) is 28.7 Å². The fourth-order valence-corrected chi connectivity index (χ4v) is 1.73. The molecule has 0 N–H and O–H groups in total. The molecule has 1 aromatic heterocycles. The summed E-state index contributed by atoms with van der Waals surface area (Å²) in [4.78, 5) is 0. The van der Waals surface area contributed by atoms with Gasteiger partial charge in [0.25, 0.3) is 0 Å². The molecule has 1 aromatic carbocycles. The van der Waals surface area contributed by atoms with Gasteiger partial charge in [-0.1, -0.05) is 12.1 Å². The predicted octanol–water partition coefficient (Wildman–Crippen LogP) is 3.39. The Morgan fingerprint density at radius 3 is 2.47 bits per heavy atom. The van der Waals surface area contributed by atoms with Gasteiger partial charge in [0.1, 0.15) is 11.5 Å². The molecule has 0 saturated carbocycles. The van der Waals surface area contributed by atoms with Crippen molar-refractivity contribution < 1.29 is 4.39 Å². The minimum absolute atomic E-state index is 0.268. The van der Waals surface area contributed by atoms with Crippen LogP contribution in [0, 0.1) is 19.7 Å². The summed E-state index contributed by atoms with van der Waals surface area (Å²) >= 11 is 3.42. The highest BCUT2D eigenvalue weighted by atomic mass is 79.9. The van der Waals surface area contributed by atoms with Crippen LogP contribution >= 0.6 is 15.9 Å². The summed E-state index contributed by atoms with van der Waals surface area (Å²) in [6, 6.07) is 6.60. The number of hydrogen-bond acceptors (Lipinski definition) is 1. The fourth-order valence-electron chi connectivity index (χ4n) is 1.48. The fraction of sp³-hybridized carbons (Fsp3) is 0.182.